The lowest BCUT2D eigenvalue weighted by Gasteiger charge is -2.36. The highest BCUT2D eigenvalue weighted by Gasteiger charge is 2.21. The van der Waals surface area contributed by atoms with E-state index in [9.17, 15) is 9.18 Å². The van der Waals surface area contributed by atoms with E-state index in [1.165, 1.54) is 6.07 Å². The van der Waals surface area contributed by atoms with Gasteiger partial charge in [-0.15, -0.1) is 0 Å². The number of halogens is 1. The first-order valence-electron chi connectivity index (χ1n) is 7.58. The normalized spacial score (nSPS) is 16.3. The van der Waals surface area contributed by atoms with E-state index in [0.717, 1.165) is 26.2 Å². The molecule has 0 bridgehead atoms. The van der Waals surface area contributed by atoms with Crippen LogP contribution in [0.4, 0.5) is 9.18 Å². The number of carbonyl (C=O) groups excluding carboxylic acids is 1. The summed E-state index contributed by atoms with van der Waals surface area (Å²) in [7, 11) is 0. The lowest BCUT2D eigenvalue weighted by atomic mass is 10.1. The smallest absolute Gasteiger partial charge is 0.317 e. The van der Waals surface area contributed by atoms with Crippen LogP contribution in [-0.4, -0.2) is 54.6 Å². The van der Waals surface area contributed by atoms with Crippen LogP contribution in [0.3, 0.4) is 0 Å². The second kappa shape index (κ2) is 7.41. The molecule has 5 heteroatoms. The number of amides is 2. The number of rotatable bonds is 4. The molecule has 0 aromatic heterocycles. The summed E-state index contributed by atoms with van der Waals surface area (Å²) in [6.07, 6.45) is 0.518. The first-order valence-corrected chi connectivity index (χ1v) is 7.58. The fourth-order valence-electron chi connectivity index (χ4n) is 2.56. The van der Waals surface area contributed by atoms with E-state index in [1.807, 2.05) is 11.0 Å². The van der Waals surface area contributed by atoms with Crippen molar-refractivity contribution in [1.29, 1.82) is 0 Å². The molecule has 1 aromatic carbocycles. The molecule has 116 valence electrons. The molecule has 1 aliphatic heterocycles. The number of piperazine rings is 1. The molecule has 0 spiro atoms. The Morgan fingerprint density at radius 3 is 2.52 bits per heavy atom. The van der Waals surface area contributed by atoms with Crippen molar-refractivity contribution < 1.29 is 9.18 Å². The molecule has 0 aliphatic carbocycles. The van der Waals surface area contributed by atoms with Crippen LogP contribution in [0.15, 0.2) is 24.3 Å². The minimum Gasteiger partial charge on any atom is -0.338 e. The quantitative estimate of drug-likeness (QED) is 0.923. The van der Waals surface area contributed by atoms with Gasteiger partial charge in [0.2, 0.25) is 0 Å². The third-order valence-electron chi connectivity index (χ3n) is 3.96. The highest BCUT2D eigenvalue weighted by atomic mass is 19.1. The number of hydrogen-bond acceptors (Lipinski definition) is 2. The van der Waals surface area contributed by atoms with Gasteiger partial charge in [-0.1, -0.05) is 18.2 Å². The van der Waals surface area contributed by atoms with E-state index in [1.54, 1.807) is 12.1 Å². The standard InChI is InChI=1S/C16H24FN3O/c1-13(2)19-9-11-20(12-10-19)16(21)18-8-7-14-5-3-4-6-15(14)17/h3-6,13H,7-12H2,1-2H3,(H,18,21). The van der Waals surface area contributed by atoms with E-state index in [4.69, 9.17) is 0 Å². The fourth-order valence-corrected chi connectivity index (χ4v) is 2.56. The zero-order chi connectivity index (χ0) is 15.2. The van der Waals surface area contributed by atoms with Crippen LogP contribution in [0.2, 0.25) is 0 Å². The van der Waals surface area contributed by atoms with E-state index in [0.29, 0.717) is 24.6 Å². The van der Waals surface area contributed by atoms with Gasteiger partial charge < -0.3 is 10.2 Å². The summed E-state index contributed by atoms with van der Waals surface area (Å²) >= 11 is 0. The summed E-state index contributed by atoms with van der Waals surface area (Å²) in [5, 5.41) is 2.87. The van der Waals surface area contributed by atoms with Crippen molar-refractivity contribution in [2.45, 2.75) is 26.3 Å². The highest BCUT2D eigenvalue weighted by Crippen LogP contribution is 2.07. The number of hydrogen-bond donors (Lipinski definition) is 1. The molecule has 1 N–H and O–H groups in total. The minimum atomic E-state index is -0.211. The molecule has 1 heterocycles. The van der Waals surface area contributed by atoms with Crippen molar-refractivity contribution in [3.63, 3.8) is 0 Å². The topological polar surface area (TPSA) is 35.6 Å². The molecular formula is C16H24FN3O. The lowest BCUT2D eigenvalue weighted by molar-refractivity contribution is 0.119. The molecule has 1 aromatic rings. The van der Waals surface area contributed by atoms with Gasteiger partial charge in [0.05, 0.1) is 0 Å². The van der Waals surface area contributed by atoms with Crippen molar-refractivity contribution in [3.05, 3.63) is 35.6 Å². The average Bonchev–Trinajstić information content (AvgIpc) is 2.49. The van der Waals surface area contributed by atoms with Crippen molar-refractivity contribution >= 4 is 6.03 Å². The second-order valence-electron chi connectivity index (χ2n) is 5.69. The van der Waals surface area contributed by atoms with Crippen LogP contribution in [0.25, 0.3) is 0 Å². The maximum absolute atomic E-state index is 13.5. The van der Waals surface area contributed by atoms with Gasteiger partial charge in [-0.05, 0) is 31.9 Å². The van der Waals surface area contributed by atoms with Crippen LogP contribution in [0.1, 0.15) is 19.4 Å². The minimum absolute atomic E-state index is 0.0465. The molecule has 0 saturated carbocycles. The number of benzene rings is 1. The van der Waals surface area contributed by atoms with Gasteiger partial charge in [0.25, 0.3) is 0 Å². The van der Waals surface area contributed by atoms with Crippen molar-refractivity contribution in [2.75, 3.05) is 32.7 Å². The largest absolute Gasteiger partial charge is 0.338 e. The molecular weight excluding hydrogens is 269 g/mol. The summed E-state index contributed by atoms with van der Waals surface area (Å²) in [4.78, 5) is 16.3. The van der Waals surface area contributed by atoms with Crippen molar-refractivity contribution in [3.8, 4) is 0 Å². The zero-order valence-electron chi connectivity index (χ0n) is 12.8. The lowest BCUT2D eigenvalue weighted by Crippen LogP contribution is -2.53. The van der Waals surface area contributed by atoms with Crippen LogP contribution in [0.5, 0.6) is 0 Å². The Kier molecular flexibility index (Phi) is 5.56. The van der Waals surface area contributed by atoms with Gasteiger partial charge >= 0.3 is 6.03 Å². The number of carbonyl (C=O) groups is 1. The fraction of sp³-hybridized carbons (Fsp3) is 0.562. The molecule has 1 aliphatic rings. The molecule has 2 rings (SSSR count). The van der Waals surface area contributed by atoms with Crippen LogP contribution < -0.4 is 5.32 Å². The first-order chi connectivity index (χ1) is 10.1. The van der Waals surface area contributed by atoms with Gasteiger partial charge in [0.15, 0.2) is 0 Å². The molecule has 1 fully saturated rings. The molecule has 0 atom stereocenters. The van der Waals surface area contributed by atoms with E-state index in [-0.39, 0.29) is 11.8 Å². The Balaban J connectivity index is 1.72. The predicted molar refractivity (Wildman–Crippen MR) is 81.8 cm³/mol. The summed E-state index contributed by atoms with van der Waals surface area (Å²) in [5.74, 6) is -0.211. The summed E-state index contributed by atoms with van der Waals surface area (Å²) in [5.41, 5.74) is 0.641. The molecule has 0 unspecified atom stereocenters. The molecule has 1 saturated heterocycles. The third kappa shape index (κ3) is 4.43. The average molecular weight is 293 g/mol. The number of urea groups is 1. The van der Waals surface area contributed by atoms with Gasteiger partial charge in [0, 0.05) is 38.8 Å². The molecule has 2 amide bonds. The molecule has 4 nitrogen and oxygen atoms in total. The SMILES string of the molecule is CC(C)N1CCN(C(=O)NCCc2ccccc2F)CC1. The van der Waals surface area contributed by atoms with E-state index >= 15 is 0 Å². The monoisotopic (exact) mass is 293 g/mol. The summed E-state index contributed by atoms with van der Waals surface area (Å²) < 4.78 is 13.5. The zero-order valence-corrected chi connectivity index (χ0v) is 12.8. The van der Waals surface area contributed by atoms with E-state index < -0.39 is 0 Å². The molecule has 0 radical (unpaired) electrons. The summed E-state index contributed by atoms with van der Waals surface area (Å²) in [6.45, 7) is 8.14. The van der Waals surface area contributed by atoms with Crippen molar-refractivity contribution in [2.24, 2.45) is 0 Å². The Bertz CT molecular complexity index is 470. The van der Waals surface area contributed by atoms with Crippen molar-refractivity contribution in [1.82, 2.24) is 15.1 Å². The Labute approximate surface area is 125 Å². The maximum Gasteiger partial charge on any atom is 0.317 e. The first kappa shape index (κ1) is 15.8. The van der Waals surface area contributed by atoms with Gasteiger partial charge in [0.1, 0.15) is 5.82 Å². The Morgan fingerprint density at radius 2 is 1.90 bits per heavy atom. The van der Waals surface area contributed by atoms with Gasteiger partial charge in [-0.3, -0.25) is 4.90 Å². The third-order valence-corrected chi connectivity index (χ3v) is 3.96. The van der Waals surface area contributed by atoms with E-state index in [2.05, 4.69) is 24.1 Å². The second-order valence-corrected chi connectivity index (χ2v) is 5.69. The van der Waals surface area contributed by atoms with Crippen LogP contribution >= 0.6 is 0 Å². The molecule has 21 heavy (non-hydrogen) atoms. The highest BCUT2D eigenvalue weighted by molar-refractivity contribution is 5.74. The van der Waals surface area contributed by atoms with Crippen LogP contribution in [0, 0.1) is 5.82 Å². The number of nitrogens with one attached hydrogen (secondary N) is 1. The number of nitrogens with zero attached hydrogens (tertiary/aromatic N) is 2. The van der Waals surface area contributed by atoms with Gasteiger partial charge in [-0.25, -0.2) is 9.18 Å². The predicted octanol–water partition coefficient (Wildman–Crippen LogP) is 2.10. The van der Waals surface area contributed by atoms with Gasteiger partial charge in [-0.2, -0.15) is 0 Å². The Morgan fingerprint density at radius 1 is 1.24 bits per heavy atom. The summed E-state index contributed by atoms with van der Waals surface area (Å²) in [6, 6.07) is 7.16. The maximum atomic E-state index is 13.5. The van der Waals surface area contributed by atoms with Crippen LogP contribution in [-0.2, 0) is 6.42 Å². The Hall–Kier alpha value is -1.62.